The lowest BCUT2D eigenvalue weighted by atomic mass is 10.0. The van der Waals surface area contributed by atoms with Crippen LogP contribution < -0.4 is 0 Å². The number of hydrogen-bond acceptors (Lipinski definition) is 3. The standard InChI is InChI=1S/C9H15N3O/c1-3-12-6-10-11-9(12)8-7(2)4-5-13-8/h6-8H,3-5H2,1-2H3. The summed E-state index contributed by atoms with van der Waals surface area (Å²) in [5.74, 6) is 1.54. The molecule has 0 N–H and O–H groups in total. The Morgan fingerprint density at radius 3 is 3.15 bits per heavy atom. The highest BCUT2D eigenvalue weighted by Crippen LogP contribution is 2.32. The molecule has 0 saturated carbocycles. The summed E-state index contributed by atoms with van der Waals surface area (Å²) in [6.07, 6.45) is 3.05. The van der Waals surface area contributed by atoms with Gasteiger partial charge in [0, 0.05) is 13.2 Å². The van der Waals surface area contributed by atoms with Gasteiger partial charge in [-0.2, -0.15) is 0 Å². The second-order valence-electron chi connectivity index (χ2n) is 3.53. The summed E-state index contributed by atoms with van der Waals surface area (Å²) in [7, 11) is 0. The van der Waals surface area contributed by atoms with Crippen LogP contribution in [-0.2, 0) is 11.3 Å². The van der Waals surface area contributed by atoms with Crippen molar-refractivity contribution in [2.24, 2.45) is 5.92 Å². The molecule has 1 aliphatic rings. The molecule has 1 aliphatic heterocycles. The topological polar surface area (TPSA) is 39.9 Å². The van der Waals surface area contributed by atoms with E-state index in [4.69, 9.17) is 4.74 Å². The summed E-state index contributed by atoms with van der Waals surface area (Å²) in [6, 6.07) is 0. The van der Waals surface area contributed by atoms with E-state index in [9.17, 15) is 0 Å². The lowest BCUT2D eigenvalue weighted by Gasteiger charge is -2.13. The Balaban J connectivity index is 2.23. The molecule has 0 amide bonds. The molecule has 2 heterocycles. The lowest BCUT2D eigenvalue weighted by molar-refractivity contribution is 0.0841. The van der Waals surface area contributed by atoms with Gasteiger partial charge in [0.15, 0.2) is 5.82 Å². The maximum absolute atomic E-state index is 5.63. The van der Waals surface area contributed by atoms with Gasteiger partial charge in [-0.3, -0.25) is 0 Å². The van der Waals surface area contributed by atoms with Crippen LogP contribution in [0.1, 0.15) is 32.2 Å². The molecule has 4 nitrogen and oxygen atoms in total. The quantitative estimate of drug-likeness (QED) is 0.692. The first-order valence-electron chi connectivity index (χ1n) is 4.82. The molecule has 0 aromatic carbocycles. The van der Waals surface area contributed by atoms with Crippen molar-refractivity contribution in [3.8, 4) is 0 Å². The van der Waals surface area contributed by atoms with E-state index < -0.39 is 0 Å². The maximum atomic E-state index is 5.63. The van der Waals surface area contributed by atoms with E-state index in [-0.39, 0.29) is 6.10 Å². The zero-order valence-electron chi connectivity index (χ0n) is 8.10. The van der Waals surface area contributed by atoms with E-state index in [1.54, 1.807) is 6.33 Å². The van der Waals surface area contributed by atoms with Gasteiger partial charge in [-0.25, -0.2) is 0 Å². The molecule has 2 rings (SSSR count). The fourth-order valence-electron chi connectivity index (χ4n) is 1.75. The van der Waals surface area contributed by atoms with Crippen molar-refractivity contribution in [1.29, 1.82) is 0 Å². The lowest BCUT2D eigenvalue weighted by Crippen LogP contribution is -2.11. The van der Waals surface area contributed by atoms with E-state index >= 15 is 0 Å². The average molecular weight is 181 g/mol. The zero-order chi connectivity index (χ0) is 9.26. The Bertz CT molecular complexity index is 284. The number of rotatable bonds is 2. The molecule has 4 heteroatoms. The van der Waals surface area contributed by atoms with E-state index in [0.717, 1.165) is 25.4 Å². The maximum Gasteiger partial charge on any atom is 0.162 e. The summed E-state index contributed by atoms with van der Waals surface area (Å²) in [5, 5.41) is 8.01. The van der Waals surface area contributed by atoms with Crippen LogP contribution in [0.3, 0.4) is 0 Å². The van der Waals surface area contributed by atoms with Gasteiger partial charge >= 0.3 is 0 Å². The van der Waals surface area contributed by atoms with Gasteiger partial charge in [0.05, 0.1) is 0 Å². The normalized spacial score (nSPS) is 28.2. The molecule has 13 heavy (non-hydrogen) atoms. The van der Waals surface area contributed by atoms with E-state index in [1.807, 2.05) is 4.57 Å². The highest BCUT2D eigenvalue weighted by Gasteiger charge is 2.29. The Labute approximate surface area is 77.9 Å². The minimum absolute atomic E-state index is 0.155. The smallest absolute Gasteiger partial charge is 0.162 e. The molecule has 0 aliphatic carbocycles. The predicted octanol–water partition coefficient (Wildman–Crippen LogP) is 1.40. The van der Waals surface area contributed by atoms with Crippen LogP contribution in [-0.4, -0.2) is 21.4 Å². The number of aryl methyl sites for hydroxylation is 1. The van der Waals surface area contributed by atoms with Gasteiger partial charge in [0.2, 0.25) is 0 Å². The fraction of sp³-hybridized carbons (Fsp3) is 0.778. The second-order valence-corrected chi connectivity index (χ2v) is 3.53. The second kappa shape index (κ2) is 3.46. The first-order valence-corrected chi connectivity index (χ1v) is 4.82. The van der Waals surface area contributed by atoms with Gasteiger partial charge < -0.3 is 9.30 Å². The summed E-state index contributed by atoms with van der Waals surface area (Å²) in [5.41, 5.74) is 0. The summed E-state index contributed by atoms with van der Waals surface area (Å²) in [4.78, 5) is 0. The van der Waals surface area contributed by atoms with Crippen molar-refractivity contribution < 1.29 is 4.74 Å². The van der Waals surface area contributed by atoms with Crippen molar-refractivity contribution in [2.45, 2.75) is 32.9 Å². The minimum Gasteiger partial charge on any atom is -0.370 e. The number of ether oxygens (including phenoxy) is 1. The highest BCUT2D eigenvalue weighted by molar-refractivity contribution is 4.96. The van der Waals surface area contributed by atoms with E-state index in [1.165, 1.54) is 0 Å². The van der Waals surface area contributed by atoms with Crippen LogP contribution in [0.4, 0.5) is 0 Å². The van der Waals surface area contributed by atoms with Crippen LogP contribution >= 0.6 is 0 Å². The van der Waals surface area contributed by atoms with Crippen molar-refractivity contribution in [3.05, 3.63) is 12.2 Å². The largest absolute Gasteiger partial charge is 0.370 e. The summed E-state index contributed by atoms with van der Waals surface area (Å²) < 4.78 is 7.68. The first kappa shape index (κ1) is 8.69. The van der Waals surface area contributed by atoms with Crippen molar-refractivity contribution >= 4 is 0 Å². The van der Waals surface area contributed by atoms with Crippen molar-refractivity contribution in [3.63, 3.8) is 0 Å². The Hall–Kier alpha value is -0.900. The molecular weight excluding hydrogens is 166 g/mol. The molecule has 0 radical (unpaired) electrons. The monoisotopic (exact) mass is 181 g/mol. The molecular formula is C9H15N3O. The third-order valence-electron chi connectivity index (χ3n) is 2.63. The fourth-order valence-corrected chi connectivity index (χ4v) is 1.75. The van der Waals surface area contributed by atoms with Crippen molar-refractivity contribution in [2.75, 3.05) is 6.61 Å². The Morgan fingerprint density at radius 2 is 2.54 bits per heavy atom. The van der Waals surface area contributed by atoms with Gasteiger partial charge in [-0.15, -0.1) is 10.2 Å². The molecule has 2 atom stereocenters. The van der Waals surface area contributed by atoms with Gasteiger partial charge in [-0.05, 0) is 19.3 Å². The molecule has 1 fully saturated rings. The van der Waals surface area contributed by atoms with Gasteiger partial charge in [0.1, 0.15) is 12.4 Å². The third-order valence-corrected chi connectivity index (χ3v) is 2.63. The predicted molar refractivity (Wildman–Crippen MR) is 48.2 cm³/mol. The van der Waals surface area contributed by atoms with Crippen molar-refractivity contribution in [1.82, 2.24) is 14.8 Å². The third kappa shape index (κ3) is 1.46. The van der Waals surface area contributed by atoms with Crippen LogP contribution in [0.2, 0.25) is 0 Å². The highest BCUT2D eigenvalue weighted by atomic mass is 16.5. The van der Waals surface area contributed by atoms with E-state index in [0.29, 0.717) is 5.92 Å². The average Bonchev–Trinajstić information content (AvgIpc) is 2.71. The van der Waals surface area contributed by atoms with Crippen LogP contribution in [0.15, 0.2) is 6.33 Å². The molecule has 1 aromatic rings. The van der Waals surface area contributed by atoms with Crippen LogP contribution in [0, 0.1) is 5.92 Å². The number of aromatic nitrogens is 3. The molecule has 1 aromatic heterocycles. The molecule has 0 bridgehead atoms. The molecule has 0 spiro atoms. The summed E-state index contributed by atoms with van der Waals surface area (Å²) in [6.45, 7) is 6.05. The van der Waals surface area contributed by atoms with E-state index in [2.05, 4.69) is 24.0 Å². The van der Waals surface area contributed by atoms with Crippen LogP contribution in [0.25, 0.3) is 0 Å². The van der Waals surface area contributed by atoms with Gasteiger partial charge in [0.25, 0.3) is 0 Å². The number of nitrogens with zero attached hydrogens (tertiary/aromatic N) is 3. The molecule has 72 valence electrons. The Morgan fingerprint density at radius 1 is 1.69 bits per heavy atom. The SMILES string of the molecule is CCn1cnnc1C1OCCC1C. The van der Waals surface area contributed by atoms with Gasteiger partial charge in [-0.1, -0.05) is 6.92 Å². The number of hydrogen-bond donors (Lipinski definition) is 0. The Kier molecular flexibility index (Phi) is 2.31. The van der Waals surface area contributed by atoms with Crippen LogP contribution in [0.5, 0.6) is 0 Å². The summed E-state index contributed by atoms with van der Waals surface area (Å²) >= 11 is 0. The minimum atomic E-state index is 0.155. The zero-order valence-corrected chi connectivity index (χ0v) is 8.10. The molecule has 2 unspecified atom stereocenters. The first-order chi connectivity index (χ1) is 6.33. The molecule has 1 saturated heterocycles.